The smallest absolute Gasteiger partial charge is 0.279 e. The third-order valence-corrected chi connectivity index (χ3v) is 5.64. The van der Waals surface area contributed by atoms with Crippen molar-refractivity contribution >= 4 is 23.2 Å². The summed E-state index contributed by atoms with van der Waals surface area (Å²) in [7, 11) is 1.56. The van der Waals surface area contributed by atoms with Crippen molar-refractivity contribution in [3.63, 3.8) is 0 Å². The molecule has 35 heavy (non-hydrogen) atoms. The average Bonchev–Trinajstić information content (AvgIpc) is 2.91. The molecule has 0 heterocycles. The Kier molecular flexibility index (Phi) is 7.88. The number of amides is 2. The molecular weight excluding hydrogens is 438 g/mol. The molecule has 0 aliphatic heterocycles. The minimum Gasteiger partial charge on any atom is -0.495 e. The molecule has 0 unspecified atom stereocenters. The summed E-state index contributed by atoms with van der Waals surface area (Å²) in [6.45, 7) is 0.254. The molecule has 0 bridgehead atoms. The maximum atomic E-state index is 12.7. The molecule has 4 N–H and O–H groups in total. The van der Waals surface area contributed by atoms with Crippen molar-refractivity contribution in [3.8, 4) is 5.75 Å². The lowest BCUT2D eigenvalue weighted by Gasteiger charge is -2.16. The maximum absolute atomic E-state index is 12.7. The molecule has 0 radical (unpaired) electrons. The van der Waals surface area contributed by atoms with E-state index in [0.717, 1.165) is 11.1 Å². The van der Waals surface area contributed by atoms with E-state index in [1.165, 1.54) is 0 Å². The van der Waals surface area contributed by atoms with Gasteiger partial charge in [-0.25, -0.2) is 0 Å². The number of benzene rings is 4. The van der Waals surface area contributed by atoms with E-state index in [0.29, 0.717) is 22.7 Å². The summed E-state index contributed by atoms with van der Waals surface area (Å²) in [6, 6.07) is 34.3. The fourth-order valence-corrected chi connectivity index (χ4v) is 3.87. The summed E-state index contributed by atoms with van der Waals surface area (Å²) < 4.78 is 5.28. The molecule has 0 fully saturated rings. The minimum atomic E-state index is -0.255. The fourth-order valence-electron chi connectivity index (χ4n) is 3.87. The van der Waals surface area contributed by atoms with Gasteiger partial charge in [-0.2, -0.15) is 0 Å². The lowest BCUT2D eigenvalue weighted by atomic mass is 9.99. The second kappa shape index (κ2) is 11.6. The molecule has 0 aliphatic rings. The number of carbonyl (C=O) groups excluding carboxylic acids is 2. The van der Waals surface area contributed by atoms with Crippen LogP contribution >= 0.6 is 0 Å². The summed E-state index contributed by atoms with van der Waals surface area (Å²) in [5, 5.41) is 7.78. The summed E-state index contributed by atoms with van der Waals surface area (Å²) in [6.07, 6.45) is 0. The molecule has 0 saturated carbocycles. The molecule has 4 aromatic carbocycles. The third kappa shape index (κ3) is 6.34. The second-order valence-electron chi connectivity index (χ2n) is 8.02. The van der Waals surface area contributed by atoms with Gasteiger partial charge in [0.15, 0.2) is 6.54 Å². The first kappa shape index (κ1) is 23.7. The summed E-state index contributed by atoms with van der Waals surface area (Å²) in [4.78, 5) is 25.3. The molecule has 4 aromatic rings. The molecule has 2 amide bonds. The SMILES string of the molecule is COc1ccccc1NC(=O)c1ccc(NC(=O)C[NH2+]C(c2ccccc2)c2ccccc2)cc1. The van der Waals surface area contributed by atoms with E-state index in [2.05, 4.69) is 34.9 Å². The van der Waals surface area contributed by atoms with Crippen LogP contribution in [-0.4, -0.2) is 25.5 Å². The van der Waals surface area contributed by atoms with E-state index in [-0.39, 0.29) is 24.4 Å². The lowest BCUT2D eigenvalue weighted by Crippen LogP contribution is -2.87. The number of rotatable bonds is 9. The minimum absolute atomic E-state index is 0.0178. The largest absolute Gasteiger partial charge is 0.495 e. The fraction of sp³-hybridized carbons (Fsp3) is 0.103. The van der Waals surface area contributed by atoms with Crippen LogP contribution in [0.2, 0.25) is 0 Å². The normalized spacial score (nSPS) is 10.6. The van der Waals surface area contributed by atoms with Gasteiger partial charge in [-0.15, -0.1) is 0 Å². The van der Waals surface area contributed by atoms with Gasteiger partial charge in [0.1, 0.15) is 11.8 Å². The van der Waals surface area contributed by atoms with E-state index in [1.807, 2.05) is 53.8 Å². The van der Waals surface area contributed by atoms with Crippen molar-refractivity contribution < 1.29 is 19.6 Å². The molecule has 6 heteroatoms. The van der Waals surface area contributed by atoms with Crippen molar-refractivity contribution in [3.05, 3.63) is 126 Å². The van der Waals surface area contributed by atoms with Gasteiger partial charge in [0.2, 0.25) is 0 Å². The Morgan fingerprint density at radius 1 is 0.743 bits per heavy atom. The van der Waals surface area contributed by atoms with E-state index < -0.39 is 0 Å². The number of nitrogens with one attached hydrogen (secondary N) is 2. The number of hydrogen-bond donors (Lipinski definition) is 3. The highest BCUT2D eigenvalue weighted by atomic mass is 16.5. The molecule has 0 saturated heterocycles. The Hall–Kier alpha value is -4.42. The molecular formula is C29H28N3O3+. The van der Waals surface area contributed by atoms with Crippen LogP contribution in [-0.2, 0) is 4.79 Å². The Morgan fingerprint density at radius 3 is 1.91 bits per heavy atom. The van der Waals surface area contributed by atoms with Crippen LogP contribution in [0.4, 0.5) is 11.4 Å². The lowest BCUT2D eigenvalue weighted by molar-refractivity contribution is -0.676. The van der Waals surface area contributed by atoms with Gasteiger partial charge < -0.3 is 20.7 Å². The third-order valence-electron chi connectivity index (χ3n) is 5.64. The highest BCUT2D eigenvalue weighted by Gasteiger charge is 2.19. The zero-order chi connectivity index (χ0) is 24.5. The first-order valence-corrected chi connectivity index (χ1v) is 11.4. The van der Waals surface area contributed by atoms with E-state index in [1.54, 1.807) is 43.5 Å². The first-order chi connectivity index (χ1) is 17.1. The van der Waals surface area contributed by atoms with E-state index in [9.17, 15) is 9.59 Å². The van der Waals surface area contributed by atoms with Gasteiger partial charge in [0.25, 0.3) is 11.8 Å². The second-order valence-corrected chi connectivity index (χ2v) is 8.02. The van der Waals surface area contributed by atoms with E-state index >= 15 is 0 Å². The summed E-state index contributed by atoms with van der Waals surface area (Å²) >= 11 is 0. The van der Waals surface area contributed by atoms with E-state index in [4.69, 9.17) is 4.74 Å². The van der Waals surface area contributed by atoms with Gasteiger partial charge in [-0.1, -0.05) is 72.8 Å². The predicted octanol–water partition coefficient (Wildman–Crippen LogP) is 4.24. The van der Waals surface area contributed by atoms with Gasteiger partial charge in [-0.05, 0) is 36.4 Å². The molecule has 176 valence electrons. The Labute approximate surface area is 205 Å². The maximum Gasteiger partial charge on any atom is 0.279 e. The summed E-state index contributed by atoms with van der Waals surface area (Å²) in [5.41, 5.74) is 3.98. The van der Waals surface area contributed by atoms with Gasteiger partial charge in [0.05, 0.1) is 12.8 Å². The molecule has 0 spiro atoms. The van der Waals surface area contributed by atoms with Crippen LogP contribution in [0.25, 0.3) is 0 Å². The quantitative estimate of drug-likeness (QED) is 0.345. The van der Waals surface area contributed by atoms with Gasteiger partial charge in [-0.3, -0.25) is 9.59 Å². The van der Waals surface area contributed by atoms with Crippen LogP contribution in [0.5, 0.6) is 5.75 Å². The Balaban J connectivity index is 1.36. The van der Waals surface area contributed by atoms with Crippen LogP contribution in [0.3, 0.4) is 0 Å². The van der Waals surface area contributed by atoms with Crippen LogP contribution in [0.15, 0.2) is 109 Å². The van der Waals surface area contributed by atoms with Crippen molar-refractivity contribution in [2.24, 2.45) is 0 Å². The molecule has 0 aliphatic carbocycles. The first-order valence-electron chi connectivity index (χ1n) is 11.4. The number of methoxy groups -OCH3 is 1. The predicted molar refractivity (Wildman–Crippen MR) is 138 cm³/mol. The number of carbonyl (C=O) groups is 2. The molecule has 0 atom stereocenters. The molecule has 4 rings (SSSR count). The standard InChI is InChI=1S/C29H27N3O3/c1-35-26-15-9-8-14-25(26)32-29(34)23-16-18-24(19-17-23)31-27(33)20-30-28(21-10-4-2-5-11-21)22-12-6-3-7-13-22/h2-19,28,30H,20H2,1H3,(H,31,33)(H,32,34)/p+1. The molecule has 6 nitrogen and oxygen atoms in total. The Bertz CT molecular complexity index is 1220. The number of ether oxygens (including phenoxy) is 1. The van der Waals surface area contributed by atoms with Crippen molar-refractivity contribution in [1.82, 2.24) is 0 Å². The topological polar surface area (TPSA) is 84.0 Å². The number of hydrogen-bond acceptors (Lipinski definition) is 3. The molecule has 0 aromatic heterocycles. The highest BCUT2D eigenvalue weighted by Crippen LogP contribution is 2.24. The number of nitrogens with two attached hydrogens (primary N) is 1. The van der Waals surface area contributed by atoms with Crippen molar-refractivity contribution in [2.75, 3.05) is 24.3 Å². The van der Waals surface area contributed by atoms with Crippen LogP contribution in [0, 0.1) is 0 Å². The van der Waals surface area contributed by atoms with Crippen LogP contribution < -0.4 is 20.7 Å². The van der Waals surface area contributed by atoms with Crippen molar-refractivity contribution in [1.29, 1.82) is 0 Å². The number of para-hydroxylation sites is 2. The van der Waals surface area contributed by atoms with Gasteiger partial charge in [0, 0.05) is 22.4 Å². The zero-order valence-electron chi connectivity index (χ0n) is 19.5. The summed E-state index contributed by atoms with van der Waals surface area (Å²) in [5.74, 6) is 0.215. The Morgan fingerprint density at radius 2 is 1.31 bits per heavy atom. The van der Waals surface area contributed by atoms with Crippen molar-refractivity contribution in [2.45, 2.75) is 6.04 Å². The average molecular weight is 467 g/mol. The highest BCUT2D eigenvalue weighted by molar-refractivity contribution is 6.05. The number of anilines is 2. The van der Waals surface area contributed by atoms with Crippen LogP contribution in [0.1, 0.15) is 27.5 Å². The zero-order valence-corrected chi connectivity index (χ0v) is 19.5. The number of quaternary nitrogens is 1. The van der Waals surface area contributed by atoms with Gasteiger partial charge >= 0.3 is 0 Å². The monoisotopic (exact) mass is 466 g/mol.